The maximum absolute atomic E-state index is 13.1. The van der Waals surface area contributed by atoms with Gasteiger partial charge < -0.3 is 4.74 Å². The van der Waals surface area contributed by atoms with Crippen LogP contribution in [0.25, 0.3) is 0 Å². The summed E-state index contributed by atoms with van der Waals surface area (Å²) in [5.41, 5.74) is -0.465. The van der Waals surface area contributed by atoms with Crippen LogP contribution in [-0.2, 0) is 28.8 Å². The predicted molar refractivity (Wildman–Crippen MR) is 189 cm³/mol. The second-order valence-corrected chi connectivity index (χ2v) is 17.1. The number of amides is 4. The number of carbonyl (C=O) groups excluding carboxylic acids is 4. The van der Waals surface area contributed by atoms with Gasteiger partial charge in [0.1, 0.15) is 11.5 Å². The minimum atomic E-state index is -4.29. The summed E-state index contributed by atoms with van der Waals surface area (Å²) >= 11 is 0. The first-order valence-corrected chi connectivity index (χ1v) is 20.8. The summed E-state index contributed by atoms with van der Waals surface area (Å²) in [5, 5.41) is -1.40. The smallest absolute Gasteiger partial charge is 0.291 e. The van der Waals surface area contributed by atoms with E-state index in [1.165, 1.54) is 50.2 Å². The molecule has 2 atom stereocenters. The molecule has 0 bridgehead atoms. The van der Waals surface area contributed by atoms with E-state index in [1.54, 1.807) is 0 Å². The van der Waals surface area contributed by atoms with Crippen LogP contribution in [0.5, 0.6) is 11.5 Å². The molecule has 2 aromatic rings. The monoisotopic (exact) mass is 748 g/mol. The highest BCUT2D eigenvalue weighted by atomic mass is 32.2. The summed E-state index contributed by atoms with van der Waals surface area (Å²) < 4.78 is 67.4. The molecule has 2 aliphatic heterocycles. The van der Waals surface area contributed by atoms with Crippen LogP contribution in [0.2, 0.25) is 0 Å². The Labute approximate surface area is 300 Å². The number of ether oxygens (including phenoxy) is 1. The van der Waals surface area contributed by atoms with E-state index in [-0.39, 0.29) is 43.9 Å². The topological polar surface area (TPSA) is 171 Å². The van der Waals surface area contributed by atoms with Crippen molar-refractivity contribution in [1.29, 1.82) is 0 Å². The Morgan fingerprint density at radius 1 is 0.510 bits per heavy atom. The number of hydroxylamine groups is 4. The number of rotatable bonds is 22. The molecule has 13 nitrogen and oxygen atoms in total. The lowest BCUT2D eigenvalue weighted by atomic mass is 10.1. The van der Waals surface area contributed by atoms with Gasteiger partial charge in [0.2, 0.25) is 0 Å². The van der Waals surface area contributed by atoms with E-state index in [2.05, 4.69) is 13.8 Å². The fourth-order valence-electron chi connectivity index (χ4n) is 5.86. The van der Waals surface area contributed by atoms with Gasteiger partial charge in [-0.2, -0.15) is 16.8 Å². The lowest BCUT2D eigenvalue weighted by Gasteiger charge is -2.17. The number of nitrogens with zero attached hydrogens (tertiary/aromatic N) is 2. The van der Waals surface area contributed by atoms with E-state index >= 15 is 0 Å². The molecule has 0 aromatic heterocycles. The summed E-state index contributed by atoms with van der Waals surface area (Å²) in [4.78, 5) is 52.2. The van der Waals surface area contributed by atoms with Gasteiger partial charge in [0.05, 0.1) is 32.8 Å². The predicted octanol–water partition coefficient (Wildman–Crippen LogP) is 7.47. The quantitative estimate of drug-likeness (QED) is 0.0864. The Bertz CT molecular complexity index is 1690. The molecular weight excluding hydrogens is 701 g/mol. The molecule has 0 saturated carbocycles. The second-order valence-electron chi connectivity index (χ2n) is 13.2. The van der Waals surface area contributed by atoms with Crippen molar-refractivity contribution in [3.63, 3.8) is 0 Å². The number of fused-ring (bicyclic) bond motifs is 2. The summed E-state index contributed by atoms with van der Waals surface area (Å²) in [6.45, 7) is 7.17. The highest BCUT2D eigenvalue weighted by Gasteiger charge is 2.43. The normalized spacial score (nSPS) is 15.8. The first kappa shape index (κ1) is 40.1. The van der Waals surface area contributed by atoms with E-state index in [0.29, 0.717) is 25.7 Å². The fourth-order valence-corrected chi connectivity index (χ4v) is 7.75. The molecule has 2 unspecified atom stereocenters. The Kier molecular flexibility index (Phi) is 13.9. The highest BCUT2D eigenvalue weighted by molar-refractivity contribution is 7.87. The molecule has 0 fully saturated rings. The molecule has 280 valence electrons. The second kappa shape index (κ2) is 17.7. The van der Waals surface area contributed by atoms with Crippen LogP contribution < -0.4 is 4.74 Å². The van der Waals surface area contributed by atoms with Crippen molar-refractivity contribution in [1.82, 2.24) is 10.1 Å². The van der Waals surface area contributed by atoms with E-state index in [4.69, 9.17) is 13.3 Å². The minimum Gasteiger partial charge on any atom is -0.457 e. The molecule has 0 spiro atoms. The van der Waals surface area contributed by atoms with Gasteiger partial charge in [-0.1, -0.05) is 90.9 Å². The van der Waals surface area contributed by atoms with Gasteiger partial charge in [-0.25, -0.2) is 0 Å². The Morgan fingerprint density at radius 3 is 1.22 bits per heavy atom. The Hall–Kier alpha value is -3.66. The van der Waals surface area contributed by atoms with Gasteiger partial charge in [-0.3, -0.25) is 19.2 Å². The summed E-state index contributed by atoms with van der Waals surface area (Å²) in [6, 6.07) is 7.79. The van der Waals surface area contributed by atoms with Crippen molar-refractivity contribution < 1.29 is 49.3 Å². The van der Waals surface area contributed by atoms with Crippen LogP contribution in [0.4, 0.5) is 0 Å². The zero-order valence-corrected chi connectivity index (χ0v) is 31.4. The number of unbranched alkanes of at least 4 members (excludes halogenated alkanes) is 10. The maximum Gasteiger partial charge on any atom is 0.291 e. The van der Waals surface area contributed by atoms with E-state index in [0.717, 1.165) is 64.2 Å². The van der Waals surface area contributed by atoms with E-state index in [9.17, 15) is 36.0 Å². The number of imide groups is 2. The third kappa shape index (κ3) is 9.82. The molecule has 4 amide bonds. The third-order valence-electron chi connectivity index (χ3n) is 9.15. The lowest BCUT2D eigenvalue weighted by molar-refractivity contribution is -0.0114. The van der Waals surface area contributed by atoms with Crippen molar-refractivity contribution >= 4 is 43.9 Å². The van der Waals surface area contributed by atoms with Crippen molar-refractivity contribution in [2.24, 2.45) is 0 Å². The van der Waals surface area contributed by atoms with Crippen LogP contribution in [0.3, 0.4) is 0 Å². The average Bonchev–Trinajstić information content (AvgIpc) is 3.46. The van der Waals surface area contributed by atoms with Gasteiger partial charge in [0.15, 0.2) is 0 Å². The van der Waals surface area contributed by atoms with E-state index < -0.39 is 54.4 Å². The fraction of sp³-hybridized carbons (Fsp3) is 0.556. The van der Waals surface area contributed by atoms with Crippen LogP contribution >= 0.6 is 0 Å². The van der Waals surface area contributed by atoms with Crippen LogP contribution in [0.15, 0.2) is 36.4 Å². The number of hydrogen-bond acceptors (Lipinski definition) is 11. The summed E-state index contributed by atoms with van der Waals surface area (Å²) in [5.74, 6) is -3.71. The summed E-state index contributed by atoms with van der Waals surface area (Å²) in [6.07, 6.45) is 12.3. The largest absolute Gasteiger partial charge is 0.457 e. The maximum atomic E-state index is 13.1. The van der Waals surface area contributed by atoms with Gasteiger partial charge in [-0.15, -0.1) is 18.7 Å². The Balaban J connectivity index is 1.37. The number of carbonyl (C=O) groups is 4. The molecule has 0 saturated heterocycles. The zero-order chi connectivity index (χ0) is 37.3. The van der Waals surface area contributed by atoms with Crippen molar-refractivity contribution in [3.8, 4) is 11.5 Å². The van der Waals surface area contributed by atoms with Gasteiger partial charge >= 0.3 is 0 Å². The minimum absolute atomic E-state index is 0.0620. The highest BCUT2D eigenvalue weighted by Crippen LogP contribution is 2.34. The van der Waals surface area contributed by atoms with Crippen LogP contribution in [-0.4, -0.2) is 61.1 Å². The molecule has 2 aliphatic rings. The van der Waals surface area contributed by atoms with E-state index in [1.807, 2.05) is 0 Å². The Morgan fingerprint density at radius 2 is 0.843 bits per heavy atom. The first-order valence-electron chi connectivity index (χ1n) is 17.8. The standard InChI is InChI=1S/C36H48N2O11S2/c1-5-7-9-11-13-15-17-25(3)50(43,44)48-37-33(39)29-21-19-27(23-31(29)35(37)41)47-28-20-22-30-32(24-28)36(42)38(34(30)40)49-51(45,46)26(4)18-16-14-12-10-8-6-2/h19-26H,5-18H2,1-4H3. The first-order chi connectivity index (χ1) is 24.2. The lowest BCUT2D eigenvalue weighted by Crippen LogP contribution is -2.36. The molecule has 2 heterocycles. The molecule has 0 radical (unpaired) electrons. The SMILES string of the molecule is CCCCCCCCC(C)S(=O)(=O)ON1C(=O)c2ccc(Oc3ccc4c(c3)C(=O)N(OS(=O)(=O)C(C)CCCCCCCC)C4=O)cc2C1=O. The van der Waals surface area contributed by atoms with Crippen molar-refractivity contribution in [2.45, 2.75) is 128 Å². The third-order valence-corrected chi connectivity index (χ3v) is 12.3. The average molecular weight is 749 g/mol. The van der Waals surface area contributed by atoms with Gasteiger partial charge in [0.25, 0.3) is 43.9 Å². The zero-order valence-electron chi connectivity index (χ0n) is 29.7. The molecule has 0 aliphatic carbocycles. The number of benzene rings is 2. The number of hydrogen-bond donors (Lipinski definition) is 0. The van der Waals surface area contributed by atoms with Crippen LogP contribution in [0, 0.1) is 0 Å². The van der Waals surface area contributed by atoms with Gasteiger partial charge in [-0.05, 0) is 63.1 Å². The molecule has 2 aromatic carbocycles. The van der Waals surface area contributed by atoms with Crippen molar-refractivity contribution in [3.05, 3.63) is 58.7 Å². The molecule has 51 heavy (non-hydrogen) atoms. The molecule has 4 rings (SSSR count). The molecular formula is C36H48N2O11S2. The molecule has 0 N–H and O–H groups in total. The van der Waals surface area contributed by atoms with Crippen molar-refractivity contribution in [2.75, 3.05) is 0 Å². The van der Waals surface area contributed by atoms with Gasteiger partial charge in [0, 0.05) is 0 Å². The van der Waals surface area contributed by atoms with Crippen LogP contribution in [0.1, 0.15) is 159 Å². The molecule has 15 heteroatoms. The summed E-state index contributed by atoms with van der Waals surface area (Å²) in [7, 11) is -8.57.